The summed E-state index contributed by atoms with van der Waals surface area (Å²) in [4.78, 5) is 12.6. The van der Waals surface area contributed by atoms with Gasteiger partial charge in [0.1, 0.15) is 5.75 Å². The van der Waals surface area contributed by atoms with E-state index < -0.39 is 10.0 Å². The molecule has 0 spiro atoms. The molecule has 6 heteroatoms. The van der Waals surface area contributed by atoms with E-state index in [-0.39, 0.29) is 18.1 Å². The summed E-state index contributed by atoms with van der Waals surface area (Å²) in [7, 11) is -3.29. The minimum Gasteiger partial charge on any atom is -0.485 e. The van der Waals surface area contributed by atoms with Gasteiger partial charge in [0.15, 0.2) is 12.4 Å². The molecule has 0 saturated carbocycles. The number of Topliss-reactive ketones (excluding diaryl/α,β-unsaturated/α-hetero) is 1. The number of rotatable bonds is 6. The van der Waals surface area contributed by atoms with Crippen molar-refractivity contribution in [3.8, 4) is 5.75 Å². The molecule has 0 fully saturated rings. The number of ether oxygens (including phenoxy) is 1. The maximum absolute atomic E-state index is 12.6. The molecular formula is C22H21NO4S. The highest BCUT2D eigenvalue weighted by molar-refractivity contribution is 7.92. The predicted molar refractivity (Wildman–Crippen MR) is 111 cm³/mol. The Hall–Kier alpha value is -2.86. The van der Waals surface area contributed by atoms with Gasteiger partial charge in [0.05, 0.1) is 11.4 Å². The molecule has 0 aromatic heterocycles. The third-order valence-corrected chi connectivity index (χ3v) is 6.84. The van der Waals surface area contributed by atoms with Gasteiger partial charge in [-0.3, -0.25) is 9.10 Å². The maximum Gasteiger partial charge on any atom is 0.234 e. The molecule has 0 amide bonds. The molecule has 144 valence electrons. The molecule has 28 heavy (non-hydrogen) atoms. The second-order valence-corrected chi connectivity index (χ2v) is 8.94. The summed E-state index contributed by atoms with van der Waals surface area (Å²) in [5.74, 6) is 0.603. The smallest absolute Gasteiger partial charge is 0.234 e. The van der Waals surface area contributed by atoms with E-state index in [4.69, 9.17) is 4.74 Å². The standard InChI is InChI=1S/C22H21NO4S/c1-2-28(25,26)23-13-12-17-14-18(10-11-20(17)23)21(24)15-27-22-9-5-7-16-6-3-4-8-19(16)22/h3-11,14H,2,12-13,15H2,1H3. The summed E-state index contributed by atoms with van der Waals surface area (Å²) in [5.41, 5.74) is 2.09. The highest BCUT2D eigenvalue weighted by atomic mass is 32.2. The number of hydrogen-bond acceptors (Lipinski definition) is 4. The molecule has 0 saturated heterocycles. The van der Waals surface area contributed by atoms with Crippen LogP contribution in [0.3, 0.4) is 0 Å². The van der Waals surface area contributed by atoms with Crippen molar-refractivity contribution in [2.45, 2.75) is 13.3 Å². The van der Waals surface area contributed by atoms with Crippen LogP contribution in [0.25, 0.3) is 10.8 Å². The monoisotopic (exact) mass is 395 g/mol. The number of sulfonamides is 1. The minimum absolute atomic E-state index is 0.0615. The Morgan fingerprint density at radius 3 is 2.68 bits per heavy atom. The third kappa shape index (κ3) is 3.36. The highest BCUT2D eigenvalue weighted by Crippen LogP contribution is 2.31. The van der Waals surface area contributed by atoms with Crippen LogP contribution in [-0.4, -0.2) is 33.1 Å². The quantitative estimate of drug-likeness (QED) is 0.596. The van der Waals surface area contributed by atoms with Crippen LogP contribution in [0.1, 0.15) is 22.8 Å². The Kier molecular flexibility index (Phi) is 4.81. The van der Waals surface area contributed by atoms with Gasteiger partial charge in [-0.15, -0.1) is 0 Å². The number of carbonyl (C=O) groups is 1. The number of benzene rings is 3. The van der Waals surface area contributed by atoms with Crippen molar-refractivity contribution >= 4 is 32.3 Å². The molecule has 0 radical (unpaired) electrons. The predicted octanol–water partition coefficient (Wildman–Crippen LogP) is 3.81. The fourth-order valence-corrected chi connectivity index (χ4v) is 4.70. The van der Waals surface area contributed by atoms with Crippen molar-refractivity contribution in [1.29, 1.82) is 0 Å². The van der Waals surface area contributed by atoms with Gasteiger partial charge in [-0.05, 0) is 48.6 Å². The maximum atomic E-state index is 12.6. The number of nitrogens with zero attached hydrogens (tertiary/aromatic N) is 1. The topological polar surface area (TPSA) is 63.7 Å². The first-order valence-electron chi connectivity index (χ1n) is 9.26. The average molecular weight is 395 g/mol. The lowest BCUT2D eigenvalue weighted by Crippen LogP contribution is -2.30. The molecule has 0 atom stereocenters. The zero-order chi connectivity index (χ0) is 19.7. The molecule has 1 aliphatic rings. The van der Waals surface area contributed by atoms with E-state index in [0.717, 1.165) is 16.3 Å². The van der Waals surface area contributed by atoms with Gasteiger partial charge < -0.3 is 4.74 Å². The lowest BCUT2D eigenvalue weighted by atomic mass is 10.1. The highest BCUT2D eigenvalue weighted by Gasteiger charge is 2.28. The molecular weight excluding hydrogens is 374 g/mol. The van der Waals surface area contributed by atoms with Crippen LogP contribution in [-0.2, 0) is 16.4 Å². The van der Waals surface area contributed by atoms with Crippen LogP contribution in [0.2, 0.25) is 0 Å². The Bertz CT molecular complexity index is 1150. The van der Waals surface area contributed by atoms with Gasteiger partial charge in [-0.2, -0.15) is 0 Å². The molecule has 1 heterocycles. The van der Waals surface area contributed by atoms with Crippen molar-refractivity contribution in [2.24, 2.45) is 0 Å². The largest absolute Gasteiger partial charge is 0.485 e. The number of hydrogen-bond donors (Lipinski definition) is 0. The Morgan fingerprint density at radius 2 is 1.86 bits per heavy atom. The van der Waals surface area contributed by atoms with Crippen LogP contribution in [0.4, 0.5) is 5.69 Å². The molecule has 3 aromatic rings. The molecule has 0 bridgehead atoms. The second kappa shape index (κ2) is 7.28. The first-order chi connectivity index (χ1) is 13.5. The summed E-state index contributed by atoms with van der Waals surface area (Å²) in [6.45, 7) is 2.00. The van der Waals surface area contributed by atoms with Crippen LogP contribution < -0.4 is 9.04 Å². The van der Waals surface area contributed by atoms with Crippen LogP contribution in [0.15, 0.2) is 60.7 Å². The van der Waals surface area contributed by atoms with Crippen molar-refractivity contribution in [3.05, 3.63) is 71.8 Å². The van der Waals surface area contributed by atoms with Gasteiger partial charge >= 0.3 is 0 Å². The van der Waals surface area contributed by atoms with Gasteiger partial charge in [0.25, 0.3) is 0 Å². The summed E-state index contributed by atoms with van der Waals surface area (Å²) < 4.78 is 31.6. The first-order valence-corrected chi connectivity index (χ1v) is 10.9. The van der Waals surface area contributed by atoms with E-state index in [0.29, 0.717) is 30.0 Å². The normalized spacial score (nSPS) is 13.5. The fourth-order valence-electron chi connectivity index (χ4n) is 3.54. The van der Waals surface area contributed by atoms with Gasteiger partial charge in [0.2, 0.25) is 10.0 Å². The van der Waals surface area contributed by atoms with Crippen molar-refractivity contribution in [2.75, 3.05) is 23.2 Å². The molecule has 0 unspecified atom stereocenters. The van der Waals surface area contributed by atoms with E-state index in [2.05, 4.69) is 0 Å². The number of fused-ring (bicyclic) bond motifs is 2. The molecule has 1 aliphatic heterocycles. The van der Waals surface area contributed by atoms with Gasteiger partial charge in [-0.1, -0.05) is 36.4 Å². The van der Waals surface area contributed by atoms with Crippen molar-refractivity contribution < 1.29 is 17.9 Å². The van der Waals surface area contributed by atoms with E-state index in [1.54, 1.807) is 25.1 Å². The summed E-state index contributed by atoms with van der Waals surface area (Å²) in [5, 5.41) is 2.02. The molecule has 0 aliphatic carbocycles. The molecule has 4 rings (SSSR count). The Labute approximate surface area is 164 Å². The van der Waals surface area contributed by atoms with Crippen LogP contribution in [0.5, 0.6) is 5.75 Å². The number of anilines is 1. The van der Waals surface area contributed by atoms with E-state index in [1.165, 1.54) is 4.31 Å². The third-order valence-electron chi connectivity index (χ3n) is 5.06. The number of carbonyl (C=O) groups excluding carboxylic acids is 1. The van der Waals surface area contributed by atoms with Crippen LogP contribution >= 0.6 is 0 Å². The Balaban J connectivity index is 1.52. The van der Waals surface area contributed by atoms with Gasteiger partial charge in [-0.25, -0.2) is 8.42 Å². The first kappa shape index (κ1) is 18.5. The van der Waals surface area contributed by atoms with Crippen molar-refractivity contribution in [3.63, 3.8) is 0 Å². The Morgan fingerprint density at radius 1 is 1.07 bits per heavy atom. The van der Waals surface area contributed by atoms with Crippen LogP contribution in [0, 0.1) is 0 Å². The summed E-state index contributed by atoms with van der Waals surface area (Å²) in [6.07, 6.45) is 0.611. The van der Waals surface area contributed by atoms with E-state index >= 15 is 0 Å². The zero-order valence-electron chi connectivity index (χ0n) is 15.6. The second-order valence-electron chi connectivity index (χ2n) is 6.76. The van der Waals surface area contributed by atoms with Gasteiger partial charge in [0, 0.05) is 17.5 Å². The zero-order valence-corrected chi connectivity index (χ0v) is 16.4. The fraction of sp³-hybridized carbons (Fsp3) is 0.227. The molecule has 5 nitrogen and oxygen atoms in total. The minimum atomic E-state index is -3.29. The number of ketones is 1. The SMILES string of the molecule is CCS(=O)(=O)N1CCc2cc(C(=O)COc3cccc4ccccc34)ccc21. The molecule has 3 aromatic carbocycles. The lowest BCUT2D eigenvalue weighted by Gasteiger charge is -2.18. The lowest BCUT2D eigenvalue weighted by molar-refractivity contribution is 0.0922. The molecule has 0 N–H and O–H groups in total. The van der Waals surface area contributed by atoms with E-state index in [9.17, 15) is 13.2 Å². The van der Waals surface area contributed by atoms with E-state index in [1.807, 2.05) is 42.5 Å². The summed E-state index contributed by atoms with van der Waals surface area (Å²) in [6, 6.07) is 18.8. The summed E-state index contributed by atoms with van der Waals surface area (Å²) >= 11 is 0. The van der Waals surface area contributed by atoms with Crippen molar-refractivity contribution in [1.82, 2.24) is 0 Å². The average Bonchev–Trinajstić information content (AvgIpc) is 3.16.